The number of carbonyl (C=O) groups is 2. The Morgan fingerprint density at radius 2 is 2.10 bits per heavy atom. The summed E-state index contributed by atoms with van der Waals surface area (Å²) < 4.78 is 12.8. The molecule has 2 aliphatic carbocycles. The summed E-state index contributed by atoms with van der Waals surface area (Å²) in [6.07, 6.45) is 0.831. The van der Waals surface area contributed by atoms with E-state index in [9.17, 15) is 14.7 Å². The lowest BCUT2D eigenvalue weighted by Crippen LogP contribution is -2.21. The topological polar surface area (TPSA) is 128 Å². The second-order valence-corrected chi connectivity index (χ2v) is 7.51. The number of pyridine rings is 1. The van der Waals surface area contributed by atoms with Gasteiger partial charge in [0.25, 0.3) is 0 Å². The SMILES string of the molecule is CNC(=O)OCc1c(-c2ccc(O[C@H]3C[C@H](C(=O)O)[C@@H]4C[C@@H]43)c(C)n2)nnn1C. The Bertz CT molecular complexity index is 958. The van der Waals surface area contributed by atoms with Gasteiger partial charge in [0.15, 0.2) is 0 Å². The van der Waals surface area contributed by atoms with Crippen LogP contribution in [0.2, 0.25) is 0 Å². The first kappa shape index (κ1) is 19.2. The van der Waals surface area contributed by atoms with Crippen molar-refractivity contribution >= 4 is 12.1 Å². The van der Waals surface area contributed by atoms with Crippen LogP contribution >= 0.6 is 0 Å². The fourth-order valence-corrected chi connectivity index (χ4v) is 4.06. The number of alkyl carbamates (subject to hydrolysis) is 1. The number of fused-ring (bicyclic) bond motifs is 1. The van der Waals surface area contributed by atoms with E-state index in [0.717, 1.165) is 6.42 Å². The molecule has 0 aliphatic heterocycles. The number of aliphatic carboxylic acids is 1. The third kappa shape index (κ3) is 3.62. The lowest BCUT2D eigenvalue weighted by Gasteiger charge is -2.18. The monoisotopic (exact) mass is 401 g/mol. The molecule has 0 aromatic carbocycles. The van der Waals surface area contributed by atoms with Crippen LogP contribution in [0.15, 0.2) is 12.1 Å². The van der Waals surface area contributed by atoms with Crippen molar-refractivity contribution < 1.29 is 24.2 Å². The Labute approximate surface area is 167 Å². The van der Waals surface area contributed by atoms with E-state index in [1.54, 1.807) is 13.1 Å². The van der Waals surface area contributed by atoms with E-state index >= 15 is 0 Å². The van der Waals surface area contributed by atoms with Gasteiger partial charge in [0, 0.05) is 14.1 Å². The summed E-state index contributed by atoms with van der Waals surface area (Å²) in [7, 11) is 3.20. The minimum Gasteiger partial charge on any atom is -0.488 e. The van der Waals surface area contributed by atoms with E-state index in [0.29, 0.717) is 40.9 Å². The van der Waals surface area contributed by atoms with Gasteiger partial charge < -0.3 is 19.9 Å². The van der Waals surface area contributed by atoms with Gasteiger partial charge in [-0.15, -0.1) is 5.10 Å². The maximum Gasteiger partial charge on any atom is 0.407 e. The maximum absolute atomic E-state index is 11.4. The molecule has 10 nitrogen and oxygen atoms in total. The number of hydrogen-bond acceptors (Lipinski definition) is 7. The summed E-state index contributed by atoms with van der Waals surface area (Å²) >= 11 is 0. The minimum absolute atomic E-state index is 0.0131. The van der Waals surface area contributed by atoms with Crippen molar-refractivity contribution in [3.63, 3.8) is 0 Å². The molecule has 29 heavy (non-hydrogen) atoms. The summed E-state index contributed by atoms with van der Waals surface area (Å²) in [5, 5.41) is 19.9. The van der Waals surface area contributed by atoms with E-state index in [2.05, 4.69) is 20.6 Å². The van der Waals surface area contributed by atoms with Gasteiger partial charge in [-0.2, -0.15) is 0 Å². The van der Waals surface area contributed by atoms with E-state index in [-0.39, 0.29) is 24.5 Å². The number of carbonyl (C=O) groups excluding carboxylic acids is 1. The van der Waals surface area contributed by atoms with Crippen molar-refractivity contribution in [1.82, 2.24) is 25.3 Å². The van der Waals surface area contributed by atoms with Gasteiger partial charge >= 0.3 is 12.1 Å². The number of aromatic nitrogens is 4. The maximum atomic E-state index is 11.4. The third-order valence-corrected chi connectivity index (χ3v) is 5.73. The van der Waals surface area contributed by atoms with Crippen LogP contribution in [0.3, 0.4) is 0 Å². The molecule has 0 radical (unpaired) electrons. The van der Waals surface area contributed by atoms with Gasteiger partial charge in [-0.05, 0) is 43.7 Å². The zero-order valence-electron chi connectivity index (χ0n) is 16.5. The Hall–Kier alpha value is -3.17. The lowest BCUT2D eigenvalue weighted by atomic mass is 10.0. The summed E-state index contributed by atoms with van der Waals surface area (Å²) in [6, 6.07) is 3.60. The predicted molar refractivity (Wildman–Crippen MR) is 100.0 cm³/mol. The first-order chi connectivity index (χ1) is 13.9. The fraction of sp³-hybridized carbons (Fsp3) is 0.526. The van der Waals surface area contributed by atoms with Crippen LogP contribution in [0.5, 0.6) is 5.75 Å². The molecule has 1 amide bonds. The van der Waals surface area contributed by atoms with E-state index < -0.39 is 12.1 Å². The summed E-state index contributed by atoms with van der Waals surface area (Å²) in [6.45, 7) is 1.85. The molecule has 4 rings (SSSR count). The Balaban J connectivity index is 1.50. The fourth-order valence-electron chi connectivity index (χ4n) is 4.06. The molecule has 0 spiro atoms. The molecule has 2 heterocycles. The van der Waals surface area contributed by atoms with Crippen LogP contribution in [0, 0.1) is 24.7 Å². The molecular weight excluding hydrogens is 378 g/mol. The molecule has 0 saturated heterocycles. The quantitative estimate of drug-likeness (QED) is 0.746. The number of aryl methyl sites for hydroxylation is 2. The Kier molecular flexibility index (Phi) is 4.85. The molecule has 2 aromatic heterocycles. The number of amides is 1. The molecule has 2 saturated carbocycles. The van der Waals surface area contributed by atoms with E-state index in [4.69, 9.17) is 9.47 Å². The summed E-state index contributed by atoms with van der Waals surface area (Å²) in [4.78, 5) is 27.3. The first-order valence-corrected chi connectivity index (χ1v) is 9.49. The minimum atomic E-state index is -0.733. The molecule has 2 aliphatic rings. The summed E-state index contributed by atoms with van der Waals surface area (Å²) in [5.74, 6) is 0.168. The lowest BCUT2D eigenvalue weighted by molar-refractivity contribution is -0.142. The summed E-state index contributed by atoms with van der Waals surface area (Å²) in [5.41, 5.74) is 2.43. The first-order valence-electron chi connectivity index (χ1n) is 9.49. The van der Waals surface area contributed by atoms with Crippen LogP contribution < -0.4 is 10.1 Å². The van der Waals surface area contributed by atoms with Crippen LogP contribution in [0.4, 0.5) is 4.79 Å². The molecule has 2 aromatic rings. The van der Waals surface area contributed by atoms with Crippen molar-refractivity contribution in [2.24, 2.45) is 24.8 Å². The van der Waals surface area contributed by atoms with Crippen molar-refractivity contribution in [2.75, 3.05) is 7.05 Å². The predicted octanol–water partition coefficient (Wildman–Crippen LogP) is 1.53. The second kappa shape index (κ2) is 7.34. The van der Waals surface area contributed by atoms with Crippen LogP contribution in [-0.2, 0) is 23.2 Å². The van der Waals surface area contributed by atoms with Crippen LogP contribution in [0.1, 0.15) is 24.2 Å². The highest BCUT2D eigenvalue weighted by molar-refractivity contribution is 5.72. The molecule has 4 atom stereocenters. The van der Waals surface area contributed by atoms with Gasteiger partial charge in [0.05, 0.1) is 17.3 Å². The highest BCUT2D eigenvalue weighted by Gasteiger charge is 2.58. The Morgan fingerprint density at radius 1 is 1.31 bits per heavy atom. The molecule has 154 valence electrons. The van der Waals surface area contributed by atoms with Gasteiger partial charge in [0.1, 0.15) is 29.8 Å². The molecule has 2 N–H and O–H groups in total. The van der Waals surface area contributed by atoms with Gasteiger partial charge in [-0.25, -0.2) is 14.5 Å². The number of nitrogens with one attached hydrogen (secondary N) is 1. The number of nitrogens with zero attached hydrogens (tertiary/aromatic N) is 4. The number of carboxylic acid groups (broad SMARTS) is 1. The number of rotatable bonds is 6. The smallest absolute Gasteiger partial charge is 0.407 e. The molecule has 0 unspecified atom stereocenters. The number of ether oxygens (including phenoxy) is 2. The van der Waals surface area contributed by atoms with Gasteiger partial charge in [-0.3, -0.25) is 4.79 Å². The van der Waals surface area contributed by atoms with Crippen LogP contribution in [0.25, 0.3) is 11.4 Å². The second-order valence-electron chi connectivity index (χ2n) is 7.51. The molecule has 2 fully saturated rings. The standard InChI is InChI=1S/C19H23N5O5/c1-9-15(29-16-7-12(18(25)26)10-6-11(10)16)5-4-13(21-9)17-14(24(3)23-22-17)8-28-19(27)20-2/h4-5,10-12,16H,6-8H2,1-3H3,(H,20,27)(H,25,26)/t10-,11+,12+,16+/m1/s1. The van der Waals surface area contributed by atoms with Gasteiger partial charge in [-0.1, -0.05) is 5.21 Å². The normalized spacial score (nSPS) is 24.7. The van der Waals surface area contributed by atoms with E-state index in [1.165, 1.54) is 11.7 Å². The van der Waals surface area contributed by atoms with E-state index in [1.807, 2.05) is 13.0 Å². The van der Waals surface area contributed by atoms with Crippen molar-refractivity contribution in [3.05, 3.63) is 23.5 Å². The number of hydrogen-bond donors (Lipinski definition) is 2. The zero-order valence-corrected chi connectivity index (χ0v) is 16.5. The zero-order chi connectivity index (χ0) is 20.7. The third-order valence-electron chi connectivity index (χ3n) is 5.73. The largest absolute Gasteiger partial charge is 0.488 e. The molecular formula is C19H23N5O5. The Morgan fingerprint density at radius 3 is 2.76 bits per heavy atom. The van der Waals surface area contributed by atoms with Gasteiger partial charge in [0.2, 0.25) is 0 Å². The van der Waals surface area contributed by atoms with Crippen LogP contribution in [-0.4, -0.2) is 50.3 Å². The molecule has 0 bridgehead atoms. The average molecular weight is 401 g/mol. The average Bonchev–Trinajstić information content (AvgIpc) is 3.28. The highest BCUT2D eigenvalue weighted by Crippen LogP contribution is 2.56. The van der Waals surface area contributed by atoms with Crippen molar-refractivity contribution in [1.29, 1.82) is 0 Å². The van der Waals surface area contributed by atoms with Crippen molar-refractivity contribution in [3.8, 4) is 17.1 Å². The highest BCUT2D eigenvalue weighted by atomic mass is 16.5. The van der Waals surface area contributed by atoms with Crippen molar-refractivity contribution in [2.45, 2.75) is 32.5 Å². The number of carboxylic acids is 1. The molecule has 10 heteroatoms.